The molecule has 0 radical (unpaired) electrons. The van der Waals surface area contributed by atoms with Crippen molar-refractivity contribution in [1.29, 1.82) is 0 Å². The lowest BCUT2D eigenvalue weighted by molar-refractivity contribution is -0.116. The number of hydrogen-bond donors (Lipinski definition) is 2. The summed E-state index contributed by atoms with van der Waals surface area (Å²) in [5.41, 5.74) is 10.8. The molecule has 0 aliphatic carbocycles. The number of morpholine rings is 1. The maximum absolute atomic E-state index is 12.9. The number of furan rings is 1. The van der Waals surface area contributed by atoms with E-state index >= 15 is 0 Å². The lowest BCUT2D eigenvalue weighted by Crippen LogP contribution is -2.40. The number of hydrogen-bond acceptors (Lipinski definition) is 6. The Labute approximate surface area is 233 Å². The van der Waals surface area contributed by atoms with Crippen LogP contribution in [0.1, 0.15) is 48.0 Å². The number of benzene rings is 2. The van der Waals surface area contributed by atoms with Crippen molar-refractivity contribution in [3.63, 3.8) is 0 Å². The lowest BCUT2D eigenvalue weighted by atomic mass is 9.84. The van der Waals surface area contributed by atoms with Crippen LogP contribution in [0.25, 0.3) is 28.2 Å². The second kappa shape index (κ2) is 11.4. The Kier molecular flexibility index (Phi) is 7.71. The van der Waals surface area contributed by atoms with Crippen molar-refractivity contribution in [2.75, 3.05) is 32.0 Å². The third-order valence-electron chi connectivity index (χ3n) is 6.91. The van der Waals surface area contributed by atoms with Crippen LogP contribution in [0, 0.1) is 0 Å². The molecule has 3 N–H and O–H groups in total. The molecule has 3 heterocycles. The summed E-state index contributed by atoms with van der Waals surface area (Å²) < 4.78 is 11.6. The summed E-state index contributed by atoms with van der Waals surface area (Å²) in [7, 11) is 0. The molecule has 1 aliphatic rings. The molecule has 0 atom stereocenters. The average molecular weight is 539 g/mol. The van der Waals surface area contributed by atoms with E-state index in [1.54, 1.807) is 24.4 Å². The van der Waals surface area contributed by atoms with Gasteiger partial charge in [0.2, 0.25) is 5.91 Å². The highest BCUT2D eigenvalue weighted by molar-refractivity contribution is 5.95. The normalized spacial score (nSPS) is 14.1. The maximum Gasteiger partial charge on any atom is 0.254 e. The highest BCUT2D eigenvalue weighted by Gasteiger charge is 2.22. The second-order valence-corrected chi connectivity index (χ2v) is 11.0. The minimum Gasteiger partial charge on any atom is -0.459 e. The third kappa shape index (κ3) is 6.24. The number of nitrogens with one attached hydrogen (secondary N) is 1. The van der Waals surface area contributed by atoms with Crippen molar-refractivity contribution < 1.29 is 18.7 Å². The highest BCUT2D eigenvalue weighted by Crippen LogP contribution is 2.36. The molecular weight excluding hydrogens is 504 g/mol. The van der Waals surface area contributed by atoms with Crippen LogP contribution in [0.15, 0.2) is 71.3 Å². The van der Waals surface area contributed by atoms with E-state index in [1.165, 1.54) is 6.08 Å². The maximum atomic E-state index is 12.9. The van der Waals surface area contributed by atoms with Crippen molar-refractivity contribution in [3.05, 3.63) is 89.3 Å². The van der Waals surface area contributed by atoms with E-state index in [4.69, 9.17) is 14.9 Å². The summed E-state index contributed by atoms with van der Waals surface area (Å²) in [6.07, 6.45) is 4.76. The van der Waals surface area contributed by atoms with Crippen LogP contribution >= 0.6 is 0 Å². The lowest BCUT2D eigenvalue weighted by Gasteiger charge is -2.26. The summed E-state index contributed by atoms with van der Waals surface area (Å²) in [6, 6.07) is 17.5. The predicted molar refractivity (Wildman–Crippen MR) is 157 cm³/mol. The van der Waals surface area contributed by atoms with Gasteiger partial charge in [-0.2, -0.15) is 0 Å². The smallest absolute Gasteiger partial charge is 0.254 e. The Morgan fingerprint density at radius 3 is 2.45 bits per heavy atom. The van der Waals surface area contributed by atoms with Crippen LogP contribution in [0.2, 0.25) is 0 Å². The topological polar surface area (TPSA) is 111 Å². The zero-order valence-corrected chi connectivity index (χ0v) is 23.1. The van der Waals surface area contributed by atoms with E-state index in [9.17, 15) is 9.59 Å². The third-order valence-corrected chi connectivity index (χ3v) is 6.91. The number of carbonyl (C=O) groups excluding carboxylic acids is 2. The predicted octanol–water partition coefficient (Wildman–Crippen LogP) is 5.18. The van der Waals surface area contributed by atoms with Gasteiger partial charge in [0.1, 0.15) is 17.2 Å². The summed E-state index contributed by atoms with van der Waals surface area (Å²) in [6.45, 7) is 9.10. The second-order valence-electron chi connectivity index (χ2n) is 11.0. The van der Waals surface area contributed by atoms with Crippen molar-refractivity contribution in [1.82, 2.24) is 15.2 Å². The fourth-order valence-corrected chi connectivity index (χ4v) is 4.69. The van der Waals surface area contributed by atoms with Crippen molar-refractivity contribution in [3.8, 4) is 11.1 Å². The summed E-state index contributed by atoms with van der Waals surface area (Å²) in [4.78, 5) is 31.1. The molecule has 0 saturated carbocycles. The van der Waals surface area contributed by atoms with Crippen LogP contribution in [0.5, 0.6) is 0 Å². The Bertz CT molecular complexity index is 1540. The number of anilines is 1. The van der Waals surface area contributed by atoms with Crippen molar-refractivity contribution in [2.45, 2.75) is 32.7 Å². The Hall–Kier alpha value is -4.43. The number of nitrogens with two attached hydrogens (primary N) is 1. The van der Waals surface area contributed by atoms with Gasteiger partial charge in [0.25, 0.3) is 5.91 Å². The number of pyridine rings is 1. The minimum atomic E-state index is -0.235. The van der Waals surface area contributed by atoms with Gasteiger partial charge < -0.3 is 25.1 Å². The molecule has 0 spiro atoms. The van der Waals surface area contributed by atoms with E-state index in [0.29, 0.717) is 43.4 Å². The number of nitrogens with zero attached hydrogens (tertiary/aromatic N) is 2. The summed E-state index contributed by atoms with van der Waals surface area (Å²) in [5.74, 6) is 0.892. The van der Waals surface area contributed by atoms with Gasteiger partial charge in [0.05, 0.1) is 19.8 Å². The van der Waals surface area contributed by atoms with Gasteiger partial charge in [0, 0.05) is 41.9 Å². The average Bonchev–Trinajstić information content (AvgIpc) is 3.38. The van der Waals surface area contributed by atoms with E-state index in [2.05, 4.69) is 43.2 Å². The number of amides is 2. The van der Waals surface area contributed by atoms with Gasteiger partial charge in [-0.15, -0.1) is 0 Å². The molecule has 1 fully saturated rings. The minimum absolute atomic E-state index is 0.0298. The van der Waals surface area contributed by atoms with Gasteiger partial charge in [-0.25, -0.2) is 4.98 Å². The molecule has 2 aromatic heterocycles. The molecular formula is C32H34N4O4. The fourth-order valence-electron chi connectivity index (χ4n) is 4.69. The number of ether oxygens (including phenoxy) is 1. The zero-order valence-electron chi connectivity index (χ0n) is 23.1. The van der Waals surface area contributed by atoms with Gasteiger partial charge in [-0.05, 0) is 70.6 Å². The van der Waals surface area contributed by atoms with Crippen LogP contribution in [0.4, 0.5) is 5.82 Å². The first-order valence-corrected chi connectivity index (χ1v) is 13.4. The van der Waals surface area contributed by atoms with Gasteiger partial charge in [-0.1, -0.05) is 32.9 Å². The molecule has 206 valence electrons. The van der Waals surface area contributed by atoms with Crippen molar-refractivity contribution in [2.24, 2.45) is 0 Å². The summed E-state index contributed by atoms with van der Waals surface area (Å²) in [5, 5.41) is 3.84. The fraction of sp³-hybridized carbons (Fsp3) is 0.281. The monoisotopic (exact) mass is 538 g/mol. The molecule has 0 bridgehead atoms. The van der Waals surface area contributed by atoms with Gasteiger partial charge in [-0.3, -0.25) is 9.59 Å². The standard InChI is InChI=1S/C32H34N4O4/c1-32(2,3)27-18-24(22-6-8-23(9-7-22)31(38)36-12-14-39-15-13-36)16-25-17-26(40-30(25)27)20-35-29(37)11-5-21-4-10-28(33)34-19-21/h4-11,16-19H,12-15,20H2,1-3H3,(H2,33,34)(H,35,37). The Morgan fingerprint density at radius 1 is 1.02 bits per heavy atom. The molecule has 4 aromatic rings. The number of fused-ring (bicyclic) bond motifs is 1. The van der Waals surface area contributed by atoms with E-state index < -0.39 is 0 Å². The number of aromatic nitrogens is 1. The quantitative estimate of drug-likeness (QED) is 0.328. The molecule has 2 amide bonds. The number of nitrogen functional groups attached to an aromatic ring is 1. The van der Waals surface area contributed by atoms with Gasteiger partial charge in [0.15, 0.2) is 0 Å². The first-order chi connectivity index (χ1) is 19.2. The molecule has 8 nitrogen and oxygen atoms in total. The van der Waals surface area contributed by atoms with E-state index in [0.717, 1.165) is 33.2 Å². The molecule has 2 aromatic carbocycles. The van der Waals surface area contributed by atoms with E-state index in [1.807, 2.05) is 35.2 Å². The molecule has 1 aliphatic heterocycles. The molecule has 5 rings (SSSR count). The number of carbonyl (C=O) groups is 2. The van der Waals surface area contributed by atoms with Gasteiger partial charge >= 0.3 is 0 Å². The largest absolute Gasteiger partial charge is 0.459 e. The first kappa shape index (κ1) is 27.1. The Balaban J connectivity index is 1.35. The van der Waals surface area contributed by atoms with Crippen molar-refractivity contribution >= 4 is 34.7 Å². The molecule has 8 heteroatoms. The van der Waals surface area contributed by atoms with Crippen LogP contribution in [-0.2, 0) is 21.5 Å². The number of rotatable bonds is 6. The SMILES string of the molecule is CC(C)(C)c1cc(-c2ccc(C(=O)N3CCOCC3)cc2)cc2cc(CNC(=O)C=Cc3ccc(N)nc3)oc12. The summed E-state index contributed by atoms with van der Waals surface area (Å²) >= 11 is 0. The zero-order chi connectivity index (χ0) is 28.3. The highest BCUT2D eigenvalue weighted by atomic mass is 16.5. The van der Waals surface area contributed by atoms with Crippen LogP contribution in [-0.4, -0.2) is 48.0 Å². The molecule has 0 unspecified atom stereocenters. The first-order valence-electron chi connectivity index (χ1n) is 13.4. The molecule has 1 saturated heterocycles. The van der Waals surface area contributed by atoms with Crippen LogP contribution in [0.3, 0.4) is 0 Å². The van der Waals surface area contributed by atoms with Crippen LogP contribution < -0.4 is 11.1 Å². The molecule has 40 heavy (non-hydrogen) atoms. The Morgan fingerprint density at radius 2 is 1.77 bits per heavy atom. The van der Waals surface area contributed by atoms with E-state index in [-0.39, 0.29) is 23.8 Å².